The lowest BCUT2D eigenvalue weighted by Crippen LogP contribution is -2.42. The van der Waals surface area contributed by atoms with Gasteiger partial charge in [0.05, 0.1) is 6.61 Å². The summed E-state index contributed by atoms with van der Waals surface area (Å²) in [5.41, 5.74) is 2.25. The van der Waals surface area contributed by atoms with Gasteiger partial charge in [-0.25, -0.2) is 0 Å². The summed E-state index contributed by atoms with van der Waals surface area (Å²) in [4.78, 5) is 16.8. The lowest BCUT2D eigenvalue weighted by Gasteiger charge is -2.30. The van der Waals surface area contributed by atoms with E-state index in [4.69, 9.17) is 4.74 Å². The standard InChI is InChI=1S/C16H24N2O2/c1-13-7-4-5-8-14(13)15(17(2)3)16(19)18-9-6-11-20-12-10-18/h4-5,7-8,15H,6,9-12H2,1-3H3/t15-/m1/s1. The minimum absolute atomic E-state index is 0.176. The first-order valence-electron chi connectivity index (χ1n) is 7.19. The van der Waals surface area contributed by atoms with Crippen molar-refractivity contribution in [2.45, 2.75) is 19.4 Å². The van der Waals surface area contributed by atoms with Crippen LogP contribution in [-0.4, -0.2) is 56.1 Å². The zero-order valence-corrected chi connectivity index (χ0v) is 12.6. The summed E-state index contributed by atoms with van der Waals surface area (Å²) in [7, 11) is 3.92. The molecule has 1 saturated heterocycles. The molecule has 0 unspecified atom stereocenters. The Kier molecular flexibility index (Phi) is 5.15. The van der Waals surface area contributed by atoms with Gasteiger partial charge in [0, 0.05) is 19.7 Å². The summed E-state index contributed by atoms with van der Waals surface area (Å²) in [6.07, 6.45) is 0.916. The third-order valence-electron chi connectivity index (χ3n) is 3.77. The predicted molar refractivity (Wildman–Crippen MR) is 79.6 cm³/mol. The molecule has 0 radical (unpaired) electrons. The Labute approximate surface area is 121 Å². The Morgan fingerprint density at radius 1 is 1.25 bits per heavy atom. The highest BCUT2D eigenvalue weighted by atomic mass is 16.5. The van der Waals surface area contributed by atoms with Crippen molar-refractivity contribution < 1.29 is 9.53 Å². The fourth-order valence-corrected chi connectivity index (χ4v) is 2.67. The molecule has 0 spiro atoms. The van der Waals surface area contributed by atoms with Crippen molar-refractivity contribution in [3.63, 3.8) is 0 Å². The van der Waals surface area contributed by atoms with E-state index in [-0.39, 0.29) is 11.9 Å². The molecule has 1 aromatic rings. The lowest BCUT2D eigenvalue weighted by molar-refractivity contribution is -0.136. The van der Waals surface area contributed by atoms with Crippen LogP contribution in [0.4, 0.5) is 0 Å². The zero-order chi connectivity index (χ0) is 14.5. The molecule has 110 valence electrons. The number of amides is 1. The smallest absolute Gasteiger partial charge is 0.244 e. The molecular formula is C16H24N2O2. The maximum absolute atomic E-state index is 12.9. The quantitative estimate of drug-likeness (QED) is 0.844. The summed E-state index contributed by atoms with van der Waals surface area (Å²) in [5.74, 6) is 0.176. The van der Waals surface area contributed by atoms with Crippen LogP contribution in [0, 0.1) is 6.92 Å². The van der Waals surface area contributed by atoms with Crippen LogP contribution in [0.5, 0.6) is 0 Å². The molecule has 0 aliphatic carbocycles. The first-order valence-corrected chi connectivity index (χ1v) is 7.19. The van der Waals surface area contributed by atoms with Crippen LogP contribution in [0.3, 0.4) is 0 Å². The summed E-state index contributed by atoms with van der Waals surface area (Å²) < 4.78 is 5.44. The normalized spacial score (nSPS) is 17.9. The van der Waals surface area contributed by atoms with Crippen molar-refractivity contribution in [3.05, 3.63) is 35.4 Å². The summed E-state index contributed by atoms with van der Waals surface area (Å²) >= 11 is 0. The Morgan fingerprint density at radius 2 is 2.00 bits per heavy atom. The van der Waals surface area contributed by atoms with E-state index in [0.717, 1.165) is 30.7 Å². The van der Waals surface area contributed by atoms with E-state index in [9.17, 15) is 4.79 Å². The highest BCUT2D eigenvalue weighted by Gasteiger charge is 2.29. The molecule has 1 amide bonds. The largest absolute Gasteiger partial charge is 0.380 e. The van der Waals surface area contributed by atoms with Gasteiger partial charge in [-0.05, 0) is 38.6 Å². The lowest BCUT2D eigenvalue weighted by atomic mass is 9.99. The van der Waals surface area contributed by atoms with E-state index < -0.39 is 0 Å². The Hall–Kier alpha value is -1.39. The molecular weight excluding hydrogens is 252 g/mol. The summed E-state index contributed by atoms with van der Waals surface area (Å²) in [6.45, 7) is 4.93. The van der Waals surface area contributed by atoms with Crippen LogP contribution >= 0.6 is 0 Å². The summed E-state index contributed by atoms with van der Waals surface area (Å²) in [5, 5.41) is 0. The second-order valence-corrected chi connectivity index (χ2v) is 5.51. The van der Waals surface area contributed by atoms with Crippen molar-refractivity contribution in [2.24, 2.45) is 0 Å². The topological polar surface area (TPSA) is 32.8 Å². The molecule has 1 heterocycles. The monoisotopic (exact) mass is 276 g/mol. The van der Waals surface area contributed by atoms with Gasteiger partial charge >= 0.3 is 0 Å². The Morgan fingerprint density at radius 3 is 2.70 bits per heavy atom. The number of ether oxygens (including phenoxy) is 1. The van der Waals surface area contributed by atoms with Gasteiger partial charge in [0.25, 0.3) is 0 Å². The molecule has 0 saturated carbocycles. The maximum Gasteiger partial charge on any atom is 0.244 e. The molecule has 1 aliphatic heterocycles. The number of nitrogens with zero attached hydrogens (tertiary/aromatic N) is 2. The van der Waals surface area contributed by atoms with Crippen LogP contribution in [0.15, 0.2) is 24.3 Å². The molecule has 1 aromatic carbocycles. The van der Waals surface area contributed by atoms with Gasteiger partial charge in [-0.2, -0.15) is 0 Å². The van der Waals surface area contributed by atoms with E-state index in [1.165, 1.54) is 0 Å². The van der Waals surface area contributed by atoms with Gasteiger partial charge < -0.3 is 9.64 Å². The average molecular weight is 276 g/mol. The van der Waals surface area contributed by atoms with Crippen molar-refractivity contribution in [1.29, 1.82) is 0 Å². The molecule has 4 heteroatoms. The van der Waals surface area contributed by atoms with E-state index in [0.29, 0.717) is 13.2 Å². The summed E-state index contributed by atoms with van der Waals surface area (Å²) in [6, 6.07) is 7.90. The van der Waals surface area contributed by atoms with Gasteiger partial charge in [0.1, 0.15) is 6.04 Å². The Balaban J connectivity index is 2.24. The Bertz CT molecular complexity index is 452. The van der Waals surface area contributed by atoms with E-state index in [1.807, 2.05) is 42.1 Å². The van der Waals surface area contributed by atoms with Gasteiger partial charge in [-0.3, -0.25) is 9.69 Å². The molecule has 20 heavy (non-hydrogen) atoms. The number of likely N-dealkylation sites (N-methyl/N-ethyl adjacent to an activating group) is 1. The van der Waals surface area contributed by atoms with Crippen LogP contribution in [0.2, 0.25) is 0 Å². The number of carbonyl (C=O) groups is 1. The minimum Gasteiger partial charge on any atom is -0.380 e. The van der Waals surface area contributed by atoms with Gasteiger partial charge in [-0.1, -0.05) is 24.3 Å². The second-order valence-electron chi connectivity index (χ2n) is 5.51. The van der Waals surface area contributed by atoms with Gasteiger partial charge in [-0.15, -0.1) is 0 Å². The number of carbonyl (C=O) groups excluding carboxylic acids is 1. The maximum atomic E-state index is 12.9. The average Bonchev–Trinajstić information content (AvgIpc) is 2.69. The molecule has 0 bridgehead atoms. The van der Waals surface area contributed by atoms with Crippen molar-refractivity contribution in [2.75, 3.05) is 40.4 Å². The number of hydrogen-bond acceptors (Lipinski definition) is 3. The van der Waals surface area contributed by atoms with Crippen LogP contribution in [0.1, 0.15) is 23.6 Å². The van der Waals surface area contributed by atoms with Crippen molar-refractivity contribution >= 4 is 5.91 Å². The molecule has 1 atom stereocenters. The third-order valence-corrected chi connectivity index (χ3v) is 3.77. The minimum atomic E-state index is -0.214. The van der Waals surface area contributed by atoms with Crippen LogP contribution in [0.25, 0.3) is 0 Å². The van der Waals surface area contributed by atoms with E-state index in [2.05, 4.69) is 13.0 Å². The fraction of sp³-hybridized carbons (Fsp3) is 0.562. The van der Waals surface area contributed by atoms with Crippen molar-refractivity contribution in [1.82, 2.24) is 9.80 Å². The molecule has 0 aromatic heterocycles. The predicted octanol–water partition coefficient (Wildman–Crippen LogP) is 1.85. The number of rotatable bonds is 3. The highest BCUT2D eigenvalue weighted by molar-refractivity contribution is 5.83. The first-order chi connectivity index (χ1) is 9.61. The zero-order valence-electron chi connectivity index (χ0n) is 12.6. The highest BCUT2D eigenvalue weighted by Crippen LogP contribution is 2.24. The second kappa shape index (κ2) is 6.86. The van der Waals surface area contributed by atoms with E-state index >= 15 is 0 Å². The molecule has 4 nitrogen and oxygen atoms in total. The number of benzene rings is 1. The van der Waals surface area contributed by atoms with Gasteiger partial charge in [0.15, 0.2) is 0 Å². The number of aryl methyl sites for hydroxylation is 1. The molecule has 1 aliphatic rings. The first kappa shape index (κ1) is 15.0. The third kappa shape index (κ3) is 3.38. The molecule has 1 fully saturated rings. The van der Waals surface area contributed by atoms with Gasteiger partial charge in [0.2, 0.25) is 5.91 Å². The molecule has 2 rings (SSSR count). The fourth-order valence-electron chi connectivity index (χ4n) is 2.67. The SMILES string of the molecule is Cc1ccccc1[C@H](C(=O)N1CCCOCC1)N(C)C. The van der Waals surface area contributed by atoms with Crippen LogP contribution in [-0.2, 0) is 9.53 Å². The van der Waals surface area contributed by atoms with Crippen LogP contribution < -0.4 is 0 Å². The van der Waals surface area contributed by atoms with E-state index in [1.54, 1.807) is 0 Å². The molecule has 0 N–H and O–H groups in total. The number of hydrogen-bond donors (Lipinski definition) is 0. The van der Waals surface area contributed by atoms with Crippen molar-refractivity contribution in [3.8, 4) is 0 Å².